The molecule has 0 spiro atoms. The van der Waals surface area contributed by atoms with Crippen LogP contribution in [0.15, 0.2) is 30.5 Å². The molecule has 3 nitrogen and oxygen atoms in total. The van der Waals surface area contributed by atoms with Crippen molar-refractivity contribution in [2.24, 2.45) is 5.73 Å². The van der Waals surface area contributed by atoms with E-state index in [0.29, 0.717) is 16.7 Å². The topological polar surface area (TPSA) is 40.2 Å². The Labute approximate surface area is 115 Å². The van der Waals surface area contributed by atoms with E-state index in [1.807, 2.05) is 13.8 Å². The monoisotopic (exact) mass is 286 g/mol. The zero-order valence-electron chi connectivity index (χ0n) is 11.3. The minimum absolute atomic E-state index is 0.0153. The van der Waals surface area contributed by atoms with Gasteiger partial charge < -0.3 is 15.0 Å². The summed E-state index contributed by atoms with van der Waals surface area (Å²) in [6.07, 6.45) is -2.94. The van der Waals surface area contributed by atoms with Gasteiger partial charge in [0.15, 0.2) is 0 Å². The predicted octanol–water partition coefficient (Wildman–Crippen LogP) is 3.49. The molecule has 6 heteroatoms. The first-order valence-electron chi connectivity index (χ1n) is 6.37. The van der Waals surface area contributed by atoms with Crippen molar-refractivity contribution < 1.29 is 17.9 Å². The second-order valence-electron chi connectivity index (χ2n) is 4.90. The van der Waals surface area contributed by atoms with Crippen LogP contribution in [0.25, 0.3) is 10.9 Å². The molecule has 2 N–H and O–H groups in total. The molecule has 0 bridgehead atoms. The molecule has 0 fully saturated rings. The van der Waals surface area contributed by atoms with Gasteiger partial charge in [0.1, 0.15) is 11.8 Å². The van der Waals surface area contributed by atoms with E-state index in [1.54, 1.807) is 24.3 Å². The fraction of sp³-hybridized carbons (Fsp3) is 0.429. The quantitative estimate of drug-likeness (QED) is 0.934. The van der Waals surface area contributed by atoms with Gasteiger partial charge in [0.05, 0.1) is 6.10 Å². The number of nitrogens with zero attached hydrogens (tertiary/aromatic N) is 1. The third-order valence-corrected chi connectivity index (χ3v) is 3.00. The highest BCUT2D eigenvalue weighted by molar-refractivity contribution is 5.81. The SMILES string of the molecule is CC(C)Oc1ccc2c(ccn2C(CN)C(F)(F)F)c1. The van der Waals surface area contributed by atoms with Crippen molar-refractivity contribution in [2.45, 2.75) is 32.2 Å². The molecule has 1 atom stereocenters. The Bertz CT molecular complexity index is 590. The van der Waals surface area contributed by atoms with Crippen molar-refractivity contribution in [3.8, 4) is 5.75 Å². The van der Waals surface area contributed by atoms with E-state index in [0.717, 1.165) is 4.57 Å². The molecule has 1 aromatic carbocycles. The van der Waals surface area contributed by atoms with E-state index in [4.69, 9.17) is 10.5 Å². The van der Waals surface area contributed by atoms with Crippen LogP contribution in [0.3, 0.4) is 0 Å². The summed E-state index contributed by atoms with van der Waals surface area (Å²) in [6.45, 7) is 3.30. The smallest absolute Gasteiger partial charge is 0.410 e. The van der Waals surface area contributed by atoms with Crippen molar-refractivity contribution >= 4 is 10.9 Å². The minimum atomic E-state index is -4.37. The molecule has 1 unspecified atom stereocenters. The summed E-state index contributed by atoms with van der Waals surface area (Å²) in [6, 6.07) is 4.95. The summed E-state index contributed by atoms with van der Waals surface area (Å²) in [7, 11) is 0. The van der Waals surface area contributed by atoms with E-state index >= 15 is 0 Å². The lowest BCUT2D eigenvalue weighted by molar-refractivity contribution is -0.164. The predicted molar refractivity (Wildman–Crippen MR) is 71.8 cm³/mol. The summed E-state index contributed by atoms with van der Waals surface area (Å²) in [4.78, 5) is 0. The van der Waals surface area contributed by atoms with Gasteiger partial charge in [0, 0.05) is 23.6 Å². The third kappa shape index (κ3) is 2.90. The first kappa shape index (κ1) is 14.7. The standard InChI is InChI=1S/C14H17F3N2O/c1-9(2)20-11-3-4-12-10(7-11)5-6-19(12)13(8-18)14(15,16)17/h3-7,9,13H,8,18H2,1-2H3. The summed E-state index contributed by atoms with van der Waals surface area (Å²) >= 11 is 0. The van der Waals surface area contributed by atoms with Gasteiger partial charge in [-0.2, -0.15) is 13.2 Å². The average Bonchev–Trinajstić information content (AvgIpc) is 2.70. The Morgan fingerprint density at radius 1 is 1.25 bits per heavy atom. The van der Waals surface area contributed by atoms with Gasteiger partial charge in [-0.05, 0) is 38.1 Å². The van der Waals surface area contributed by atoms with E-state index in [-0.39, 0.29) is 6.10 Å². The largest absolute Gasteiger partial charge is 0.491 e. The Balaban J connectivity index is 2.42. The van der Waals surface area contributed by atoms with E-state index in [9.17, 15) is 13.2 Å². The molecule has 0 radical (unpaired) electrons. The molecule has 0 aliphatic heterocycles. The number of hydrogen-bond acceptors (Lipinski definition) is 2. The van der Waals surface area contributed by atoms with Crippen LogP contribution in [-0.4, -0.2) is 23.4 Å². The molecule has 0 amide bonds. The Morgan fingerprint density at radius 3 is 2.50 bits per heavy atom. The molecule has 2 rings (SSSR count). The fourth-order valence-corrected chi connectivity index (χ4v) is 2.16. The van der Waals surface area contributed by atoms with Crippen molar-refractivity contribution in [1.29, 1.82) is 0 Å². The van der Waals surface area contributed by atoms with Crippen LogP contribution in [-0.2, 0) is 0 Å². The maximum absolute atomic E-state index is 12.9. The molecule has 2 aromatic rings. The molecule has 0 aliphatic carbocycles. The highest BCUT2D eigenvalue weighted by atomic mass is 19.4. The highest BCUT2D eigenvalue weighted by Crippen LogP contribution is 2.33. The van der Waals surface area contributed by atoms with Gasteiger partial charge in [0.2, 0.25) is 0 Å². The van der Waals surface area contributed by atoms with Crippen molar-refractivity contribution in [3.63, 3.8) is 0 Å². The van der Waals surface area contributed by atoms with Crippen LogP contribution < -0.4 is 10.5 Å². The number of fused-ring (bicyclic) bond motifs is 1. The molecule has 0 aliphatic rings. The van der Waals surface area contributed by atoms with Crippen LogP contribution in [0.1, 0.15) is 19.9 Å². The number of nitrogens with two attached hydrogens (primary N) is 1. The molecule has 20 heavy (non-hydrogen) atoms. The number of halogens is 3. The second kappa shape index (κ2) is 5.36. The molecular weight excluding hydrogens is 269 g/mol. The summed E-state index contributed by atoms with van der Waals surface area (Å²) < 4.78 is 45.5. The van der Waals surface area contributed by atoms with E-state index in [1.165, 1.54) is 6.20 Å². The number of hydrogen-bond donors (Lipinski definition) is 1. The number of benzene rings is 1. The number of alkyl halides is 3. The minimum Gasteiger partial charge on any atom is -0.491 e. The summed E-state index contributed by atoms with van der Waals surface area (Å²) in [5.74, 6) is 0.640. The van der Waals surface area contributed by atoms with Crippen molar-refractivity contribution in [3.05, 3.63) is 30.5 Å². The zero-order valence-corrected chi connectivity index (χ0v) is 11.3. The van der Waals surface area contributed by atoms with Gasteiger partial charge >= 0.3 is 6.18 Å². The van der Waals surface area contributed by atoms with Gasteiger partial charge in [-0.3, -0.25) is 0 Å². The lowest BCUT2D eigenvalue weighted by Gasteiger charge is -2.21. The van der Waals surface area contributed by atoms with Gasteiger partial charge in [-0.1, -0.05) is 0 Å². The maximum Gasteiger partial charge on any atom is 0.410 e. The number of aromatic nitrogens is 1. The van der Waals surface area contributed by atoms with Gasteiger partial charge in [-0.25, -0.2) is 0 Å². The highest BCUT2D eigenvalue weighted by Gasteiger charge is 2.40. The first-order valence-corrected chi connectivity index (χ1v) is 6.37. The average molecular weight is 286 g/mol. The van der Waals surface area contributed by atoms with E-state index in [2.05, 4.69) is 0 Å². The van der Waals surface area contributed by atoms with Crippen molar-refractivity contribution in [1.82, 2.24) is 4.57 Å². The number of rotatable bonds is 4. The Morgan fingerprint density at radius 2 is 1.95 bits per heavy atom. The summed E-state index contributed by atoms with van der Waals surface area (Å²) in [5, 5.41) is 0.700. The van der Waals surface area contributed by atoms with E-state index < -0.39 is 18.8 Å². The second-order valence-corrected chi connectivity index (χ2v) is 4.90. The van der Waals surface area contributed by atoms with Crippen molar-refractivity contribution in [2.75, 3.05) is 6.54 Å². The Kier molecular flexibility index (Phi) is 3.94. The molecular formula is C14H17F3N2O. The maximum atomic E-state index is 12.9. The van der Waals surface area contributed by atoms with Crippen LogP contribution >= 0.6 is 0 Å². The molecule has 0 saturated heterocycles. The first-order chi connectivity index (χ1) is 9.32. The van der Waals surface area contributed by atoms with Crippen LogP contribution in [0.4, 0.5) is 13.2 Å². The van der Waals surface area contributed by atoms with Gasteiger partial charge in [-0.15, -0.1) is 0 Å². The van der Waals surface area contributed by atoms with Crippen LogP contribution in [0.2, 0.25) is 0 Å². The Hall–Kier alpha value is -1.69. The molecule has 0 saturated carbocycles. The molecule has 110 valence electrons. The van der Waals surface area contributed by atoms with Crippen LogP contribution in [0.5, 0.6) is 5.75 Å². The lowest BCUT2D eigenvalue weighted by Crippen LogP contribution is -2.32. The van der Waals surface area contributed by atoms with Gasteiger partial charge in [0.25, 0.3) is 0 Å². The molecule has 1 heterocycles. The zero-order chi connectivity index (χ0) is 14.9. The molecule has 1 aromatic heterocycles. The normalized spacial score (nSPS) is 13.9. The fourth-order valence-electron chi connectivity index (χ4n) is 2.16. The number of ether oxygens (including phenoxy) is 1. The lowest BCUT2D eigenvalue weighted by atomic mass is 10.2. The third-order valence-electron chi connectivity index (χ3n) is 3.00. The summed E-state index contributed by atoms with van der Waals surface area (Å²) in [5.41, 5.74) is 5.77. The van der Waals surface area contributed by atoms with Crippen LogP contribution in [0, 0.1) is 0 Å².